The molecule has 1 N–H and O–H groups in total. The quantitative estimate of drug-likeness (QED) is 0.322. The highest BCUT2D eigenvalue weighted by atomic mass is 14.7. The largest absolute Gasteiger partial charge is 0.354 e. The van der Waals surface area contributed by atoms with Crippen molar-refractivity contribution in [3.8, 4) is 11.1 Å². The summed E-state index contributed by atoms with van der Waals surface area (Å²) < 4.78 is 0. The Hall–Kier alpha value is -3.58. The van der Waals surface area contributed by atoms with E-state index in [0.29, 0.717) is 0 Å². The fraction of sp³-hybridized carbons (Fsp3) is 0. The van der Waals surface area contributed by atoms with Gasteiger partial charge >= 0.3 is 0 Å². The molecule has 0 radical (unpaired) electrons. The lowest BCUT2D eigenvalue weighted by Crippen LogP contribution is -1.81. The van der Waals surface area contributed by atoms with Crippen molar-refractivity contribution < 1.29 is 0 Å². The van der Waals surface area contributed by atoms with E-state index in [1.165, 1.54) is 54.5 Å². The molecule has 1 nitrogen and oxygen atoms in total. The molecule has 0 aliphatic rings. The second-order valence-electron chi connectivity index (χ2n) is 7.12. The molecule has 0 amide bonds. The van der Waals surface area contributed by atoms with Gasteiger partial charge in [-0.05, 0) is 39.4 Å². The average Bonchev–Trinajstić information content (AvgIpc) is 3.12. The fourth-order valence-electron chi connectivity index (χ4n) is 4.29. The topological polar surface area (TPSA) is 15.8 Å². The summed E-state index contributed by atoms with van der Waals surface area (Å²) in [5.41, 5.74) is 4.95. The average molecular weight is 343 g/mol. The van der Waals surface area contributed by atoms with Crippen LogP contribution in [0.4, 0.5) is 0 Å². The highest BCUT2D eigenvalue weighted by Crippen LogP contribution is 2.35. The predicted molar refractivity (Wildman–Crippen MR) is 116 cm³/mol. The van der Waals surface area contributed by atoms with E-state index in [9.17, 15) is 0 Å². The van der Waals surface area contributed by atoms with Gasteiger partial charge in [0, 0.05) is 21.7 Å². The third kappa shape index (κ3) is 2.12. The van der Waals surface area contributed by atoms with E-state index in [0.717, 1.165) is 0 Å². The molecular formula is C26H17N. The molecular weight excluding hydrogens is 326 g/mol. The number of hydrogen-bond acceptors (Lipinski definition) is 0. The number of hydrogen-bond donors (Lipinski definition) is 1. The zero-order chi connectivity index (χ0) is 17.8. The Morgan fingerprint density at radius 2 is 1.22 bits per heavy atom. The van der Waals surface area contributed by atoms with Crippen molar-refractivity contribution in [1.82, 2.24) is 4.98 Å². The van der Waals surface area contributed by atoms with E-state index >= 15 is 0 Å². The molecule has 0 aliphatic heterocycles. The second-order valence-corrected chi connectivity index (χ2v) is 7.12. The zero-order valence-electron chi connectivity index (χ0n) is 14.7. The van der Waals surface area contributed by atoms with Crippen LogP contribution in [0.15, 0.2) is 97.1 Å². The van der Waals surface area contributed by atoms with Gasteiger partial charge in [-0.15, -0.1) is 0 Å². The van der Waals surface area contributed by atoms with Crippen LogP contribution in [0.3, 0.4) is 0 Å². The minimum absolute atomic E-state index is 1.19. The standard InChI is InChI=1S/C26H17N/c1-3-9-20-17(6-1)8-5-11-21(20)19-13-15-25-24(16-19)23-14-12-18-7-2-4-10-22(18)26(23)27-25/h1-16,27H. The second kappa shape index (κ2) is 5.46. The molecule has 1 heterocycles. The van der Waals surface area contributed by atoms with Gasteiger partial charge in [-0.25, -0.2) is 0 Å². The molecule has 0 aliphatic carbocycles. The van der Waals surface area contributed by atoms with E-state index < -0.39 is 0 Å². The maximum Gasteiger partial charge on any atom is 0.0544 e. The van der Waals surface area contributed by atoms with Crippen molar-refractivity contribution in [2.75, 3.05) is 0 Å². The normalized spacial score (nSPS) is 11.7. The van der Waals surface area contributed by atoms with E-state index in [2.05, 4.69) is 102 Å². The number of aromatic amines is 1. The zero-order valence-corrected chi connectivity index (χ0v) is 14.7. The maximum atomic E-state index is 3.64. The van der Waals surface area contributed by atoms with Gasteiger partial charge in [0.2, 0.25) is 0 Å². The van der Waals surface area contributed by atoms with E-state index in [4.69, 9.17) is 0 Å². The number of nitrogens with one attached hydrogen (secondary N) is 1. The lowest BCUT2D eigenvalue weighted by molar-refractivity contribution is 1.56. The summed E-state index contributed by atoms with van der Waals surface area (Å²) >= 11 is 0. The first-order chi connectivity index (χ1) is 13.4. The molecule has 1 heteroatoms. The number of fused-ring (bicyclic) bond motifs is 6. The summed E-state index contributed by atoms with van der Waals surface area (Å²) in [6, 6.07) is 34.9. The third-order valence-corrected chi connectivity index (χ3v) is 5.60. The Bertz CT molecular complexity index is 1460. The molecule has 27 heavy (non-hydrogen) atoms. The Morgan fingerprint density at radius 1 is 0.481 bits per heavy atom. The first-order valence-electron chi connectivity index (χ1n) is 9.30. The maximum absolute atomic E-state index is 3.64. The van der Waals surface area contributed by atoms with Gasteiger partial charge in [0.1, 0.15) is 0 Å². The van der Waals surface area contributed by atoms with Gasteiger partial charge in [-0.1, -0.05) is 84.9 Å². The van der Waals surface area contributed by atoms with E-state index in [-0.39, 0.29) is 0 Å². The van der Waals surface area contributed by atoms with Gasteiger partial charge in [-0.2, -0.15) is 0 Å². The molecule has 5 aromatic carbocycles. The van der Waals surface area contributed by atoms with Crippen LogP contribution in [0.25, 0.3) is 54.5 Å². The molecule has 0 saturated carbocycles. The van der Waals surface area contributed by atoms with Crippen molar-refractivity contribution in [1.29, 1.82) is 0 Å². The summed E-state index contributed by atoms with van der Waals surface area (Å²) in [6.07, 6.45) is 0. The molecule has 6 rings (SSSR count). The van der Waals surface area contributed by atoms with Crippen molar-refractivity contribution in [3.63, 3.8) is 0 Å². The van der Waals surface area contributed by atoms with Gasteiger partial charge in [0.15, 0.2) is 0 Å². The number of aromatic nitrogens is 1. The monoisotopic (exact) mass is 343 g/mol. The first-order valence-corrected chi connectivity index (χ1v) is 9.30. The first kappa shape index (κ1) is 14.6. The highest BCUT2D eigenvalue weighted by Gasteiger charge is 2.10. The molecule has 0 fully saturated rings. The number of H-pyrrole nitrogens is 1. The summed E-state index contributed by atoms with van der Waals surface area (Å²) in [7, 11) is 0. The van der Waals surface area contributed by atoms with Crippen LogP contribution in [-0.4, -0.2) is 4.98 Å². The van der Waals surface area contributed by atoms with Crippen molar-refractivity contribution in [2.45, 2.75) is 0 Å². The lowest BCUT2D eigenvalue weighted by atomic mass is 9.97. The van der Waals surface area contributed by atoms with Crippen LogP contribution in [0.2, 0.25) is 0 Å². The molecule has 0 spiro atoms. The highest BCUT2D eigenvalue weighted by molar-refractivity contribution is 6.17. The predicted octanol–water partition coefficient (Wildman–Crippen LogP) is 7.29. The van der Waals surface area contributed by atoms with Crippen LogP contribution in [0.1, 0.15) is 0 Å². The van der Waals surface area contributed by atoms with Crippen molar-refractivity contribution in [2.24, 2.45) is 0 Å². The Balaban J connectivity index is 1.67. The molecule has 126 valence electrons. The van der Waals surface area contributed by atoms with Gasteiger partial charge in [0.05, 0.1) is 5.52 Å². The van der Waals surface area contributed by atoms with Gasteiger partial charge in [0.25, 0.3) is 0 Å². The smallest absolute Gasteiger partial charge is 0.0544 e. The molecule has 6 aromatic rings. The summed E-state index contributed by atoms with van der Waals surface area (Å²) in [5, 5.41) is 7.68. The third-order valence-electron chi connectivity index (χ3n) is 5.60. The van der Waals surface area contributed by atoms with Gasteiger partial charge in [-0.3, -0.25) is 0 Å². The van der Waals surface area contributed by atoms with Crippen molar-refractivity contribution >= 4 is 43.4 Å². The van der Waals surface area contributed by atoms with E-state index in [1.807, 2.05) is 0 Å². The summed E-state index contributed by atoms with van der Waals surface area (Å²) in [4.78, 5) is 3.64. The van der Waals surface area contributed by atoms with Gasteiger partial charge < -0.3 is 4.98 Å². The molecule has 0 saturated heterocycles. The van der Waals surface area contributed by atoms with Crippen LogP contribution in [0, 0.1) is 0 Å². The molecule has 1 aromatic heterocycles. The Kier molecular flexibility index (Phi) is 2.95. The minimum Gasteiger partial charge on any atom is -0.354 e. The molecule has 0 unspecified atom stereocenters. The number of benzene rings is 5. The summed E-state index contributed by atoms with van der Waals surface area (Å²) in [6.45, 7) is 0. The number of rotatable bonds is 1. The molecule has 0 atom stereocenters. The lowest BCUT2D eigenvalue weighted by Gasteiger charge is -2.07. The summed E-state index contributed by atoms with van der Waals surface area (Å²) in [5.74, 6) is 0. The Morgan fingerprint density at radius 3 is 2.11 bits per heavy atom. The van der Waals surface area contributed by atoms with Crippen LogP contribution in [0.5, 0.6) is 0 Å². The minimum atomic E-state index is 1.19. The molecule has 0 bridgehead atoms. The fourth-order valence-corrected chi connectivity index (χ4v) is 4.29. The van der Waals surface area contributed by atoms with Crippen LogP contribution < -0.4 is 0 Å². The van der Waals surface area contributed by atoms with E-state index in [1.54, 1.807) is 0 Å². The SMILES string of the molecule is c1ccc2c(-c3ccc4[nH]c5c6ccccc6ccc5c4c3)cccc2c1. The Labute approximate surface area is 156 Å². The van der Waals surface area contributed by atoms with Crippen molar-refractivity contribution in [3.05, 3.63) is 97.1 Å². The van der Waals surface area contributed by atoms with Crippen LogP contribution >= 0.6 is 0 Å². The van der Waals surface area contributed by atoms with Crippen LogP contribution in [-0.2, 0) is 0 Å².